The Morgan fingerprint density at radius 2 is 1.76 bits per heavy atom. The highest BCUT2D eigenvalue weighted by Crippen LogP contribution is 2.33. The van der Waals surface area contributed by atoms with Crippen molar-refractivity contribution in [2.75, 3.05) is 0 Å². The Bertz CT molecular complexity index is 874. The van der Waals surface area contributed by atoms with Gasteiger partial charge in [-0.3, -0.25) is 14.5 Å². The minimum atomic E-state index is -0.282. The Hall–Kier alpha value is -2.30. The molecule has 0 aliphatic carbocycles. The molecular weight excluding hydrogens is 354 g/mol. The first-order chi connectivity index (χ1) is 12.0. The monoisotopic (exact) mass is 369 g/mol. The zero-order valence-corrected chi connectivity index (χ0v) is 15.2. The van der Waals surface area contributed by atoms with Gasteiger partial charge in [0.2, 0.25) is 0 Å². The molecule has 0 bridgehead atoms. The molecule has 2 amide bonds. The molecule has 0 N–H and O–H groups in total. The van der Waals surface area contributed by atoms with Crippen LogP contribution in [0.2, 0.25) is 5.02 Å². The standard InChI is InChI=1S/C20H16ClNO2S/c1-14(11-15-7-3-2-4-8-15)12-18-19(23)22(20(24)25-18)13-16-9-5-6-10-17(16)21/h2-12H,13H2,1H3/b14-11+,18-12-. The number of thioether (sulfide) groups is 1. The molecule has 2 aromatic carbocycles. The van der Waals surface area contributed by atoms with Gasteiger partial charge in [0.25, 0.3) is 11.1 Å². The minimum Gasteiger partial charge on any atom is -0.268 e. The highest BCUT2D eigenvalue weighted by molar-refractivity contribution is 8.18. The van der Waals surface area contributed by atoms with E-state index in [9.17, 15) is 9.59 Å². The molecule has 0 atom stereocenters. The zero-order valence-electron chi connectivity index (χ0n) is 13.6. The molecule has 1 fully saturated rings. The van der Waals surface area contributed by atoms with E-state index in [0.717, 1.165) is 28.5 Å². The lowest BCUT2D eigenvalue weighted by molar-refractivity contribution is -0.123. The Labute approximate surface area is 156 Å². The van der Waals surface area contributed by atoms with E-state index in [-0.39, 0.29) is 17.7 Å². The summed E-state index contributed by atoms with van der Waals surface area (Å²) in [5.41, 5.74) is 2.71. The second-order valence-electron chi connectivity index (χ2n) is 5.66. The molecule has 0 unspecified atom stereocenters. The highest BCUT2D eigenvalue weighted by atomic mass is 35.5. The summed E-state index contributed by atoms with van der Waals surface area (Å²) < 4.78 is 0. The molecule has 2 aromatic rings. The van der Waals surface area contributed by atoms with Gasteiger partial charge in [0, 0.05) is 5.02 Å². The van der Waals surface area contributed by atoms with E-state index in [1.807, 2.05) is 61.5 Å². The number of benzene rings is 2. The van der Waals surface area contributed by atoms with Gasteiger partial charge in [-0.05, 0) is 47.5 Å². The van der Waals surface area contributed by atoms with Crippen molar-refractivity contribution in [1.82, 2.24) is 4.90 Å². The van der Waals surface area contributed by atoms with Gasteiger partial charge in [-0.1, -0.05) is 66.2 Å². The third kappa shape index (κ3) is 4.21. The number of hydrogen-bond donors (Lipinski definition) is 0. The van der Waals surface area contributed by atoms with Gasteiger partial charge in [0.15, 0.2) is 0 Å². The van der Waals surface area contributed by atoms with E-state index < -0.39 is 0 Å². The van der Waals surface area contributed by atoms with Crippen molar-refractivity contribution in [3.05, 3.63) is 87.3 Å². The third-order valence-corrected chi connectivity index (χ3v) is 4.99. The first kappa shape index (κ1) is 17.5. The number of allylic oxidation sites excluding steroid dienone is 2. The molecule has 25 heavy (non-hydrogen) atoms. The Morgan fingerprint density at radius 1 is 1.08 bits per heavy atom. The van der Waals surface area contributed by atoms with Gasteiger partial charge < -0.3 is 0 Å². The number of halogens is 1. The van der Waals surface area contributed by atoms with E-state index >= 15 is 0 Å². The Balaban J connectivity index is 1.79. The van der Waals surface area contributed by atoms with Crippen LogP contribution in [0.25, 0.3) is 6.08 Å². The van der Waals surface area contributed by atoms with E-state index in [0.29, 0.717) is 9.93 Å². The van der Waals surface area contributed by atoms with Crippen LogP contribution in [0.15, 0.2) is 71.2 Å². The summed E-state index contributed by atoms with van der Waals surface area (Å²) in [6.07, 6.45) is 3.73. The van der Waals surface area contributed by atoms with Crippen molar-refractivity contribution < 1.29 is 9.59 Å². The topological polar surface area (TPSA) is 37.4 Å². The van der Waals surface area contributed by atoms with Crippen LogP contribution in [0.1, 0.15) is 18.1 Å². The van der Waals surface area contributed by atoms with E-state index in [2.05, 4.69) is 0 Å². The largest absolute Gasteiger partial charge is 0.293 e. The van der Waals surface area contributed by atoms with Crippen molar-refractivity contribution in [3.63, 3.8) is 0 Å². The highest BCUT2D eigenvalue weighted by Gasteiger charge is 2.35. The summed E-state index contributed by atoms with van der Waals surface area (Å²) in [5.74, 6) is -0.282. The second-order valence-corrected chi connectivity index (χ2v) is 7.06. The summed E-state index contributed by atoms with van der Waals surface area (Å²) in [7, 11) is 0. The van der Waals surface area contributed by atoms with Crippen molar-refractivity contribution in [2.24, 2.45) is 0 Å². The smallest absolute Gasteiger partial charge is 0.268 e. The van der Waals surface area contributed by atoms with Crippen LogP contribution in [0.5, 0.6) is 0 Å². The van der Waals surface area contributed by atoms with Gasteiger partial charge in [-0.2, -0.15) is 0 Å². The number of hydrogen-bond acceptors (Lipinski definition) is 3. The number of rotatable bonds is 4. The molecule has 1 aliphatic rings. The summed E-state index contributed by atoms with van der Waals surface area (Å²) in [5, 5.41) is 0.273. The van der Waals surface area contributed by atoms with Crippen molar-refractivity contribution in [2.45, 2.75) is 13.5 Å². The fraction of sp³-hybridized carbons (Fsp3) is 0.100. The lowest BCUT2D eigenvalue weighted by atomic mass is 10.1. The average molecular weight is 370 g/mol. The van der Waals surface area contributed by atoms with Crippen LogP contribution in [0.4, 0.5) is 4.79 Å². The van der Waals surface area contributed by atoms with Crippen molar-refractivity contribution in [1.29, 1.82) is 0 Å². The summed E-state index contributed by atoms with van der Waals surface area (Å²) in [6.45, 7) is 2.10. The molecule has 3 nitrogen and oxygen atoms in total. The van der Waals surface area contributed by atoms with Crippen molar-refractivity contribution in [3.8, 4) is 0 Å². The number of amides is 2. The van der Waals surface area contributed by atoms with Crippen LogP contribution < -0.4 is 0 Å². The van der Waals surface area contributed by atoms with Gasteiger partial charge in [0.05, 0.1) is 11.4 Å². The van der Waals surface area contributed by atoms with E-state index in [4.69, 9.17) is 11.6 Å². The molecule has 1 aliphatic heterocycles. The lowest BCUT2D eigenvalue weighted by Gasteiger charge is -2.13. The van der Waals surface area contributed by atoms with E-state index in [1.165, 1.54) is 4.90 Å². The molecule has 0 saturated carbocycles. The maximum absolute atomic E-state index is 12.6. The van der Waals surface area contributed by atoms with Crippen LogP contribution in [-0.4, -0.2) is 16.0 Å². The van der Waals surface area contributed by atoms with Crippen LogP contribution >= 0.6 is 23.4 Å². The maximum atomic E-state index is 12.6. The van der Waals surface area contributed by atoms with Gasteiger partial charge >= 0.3 is 0 Å². The molecule has 3 rings (SSSR count). The normalized spacial score (nSPS) is 16.8. The summed E-state index contributed by atoms with van der Waals surface area (Å²) >= 11 is 7.09. The lowest BCUT2D eigenvalue weighted by Crippen LogP contribution is -2.27. The van der Waals surface area contributed by atoms with Crippen LogP contribution in [-0.2, 0) is 11.3 Å². The predicted octanol–water partition coefficient (Wildman–Crippen LogP) is 5.52. The molecule has 1 saturated heterocycles. The molecular formula is C20H16ClNO2S. The SMILES string of the molecule is CC(/C=C1\SC(=O)N(Cc2ccccc2Cl)C1=O)=C\c1ccccc1. The average Bonchev–Trinajstić information content (AvgIpc) is 2.85. The Morgan fingerprint density at radius 3 is 2.48 bits per heavy atom. The number of carbonyl (C=O) groups is 2. The fourth-order valence-electron chi connectivity index (χ4n) is 2.49. The first-order valence-corrected chi connectivity index (χ1v) is 8.96. The number of carbonyl (C=O) groups excluding carboxylic acids is 2. The number of imide groups is 1. The number of nitrogens with zero attached hydrogens (tertiary/aromatic N) is 1. The molecule has 1 heterocycles. The molecule has 0 spiro atoms. The minimum absolute atomic E-state index is 0.184. The molecule has 0 aromatic heterocycles. The molecule has 126 valence electrons. The van der Waals surface area contributed by atoms with Crippen LogP contribution in [0, 0.1) is 0 Å². The van der Waals surface area contributed by atoms with Gasteiger partial charge in [-0.25, -0.2) is 0 Å². The first-order valence-electron chi connectivity index (χ1n) is 7.77. The summed E-state index contributed by atoms with van der Waals surface area (Å²) in [6, 6.07) is 17.1. The van der Waals surface area contributed by atoms with Gasteiger partial charge in [-0.15, -0.1) is 0 Å². The van der Waals surface area contributed by atoms with Crippen LogP contribution in [0.3, 0.4) is 0 Å². The second kappa shape index (κ2) is 7.72. The molecule has 5 heteroatoms. The zero-order chi connectivity index (χ0) is 17.8. The van der Waals surface area contributed by atoms with Crippen molar-refractivity contribution >= 4 is 40.6 Å². The maximum Gasteiger partial charge on any atom is 0.293 e. The Kier molecular flexibility index (Phi) is 5.41. The molecule has 0 radical (unpaired) electrons. The predicted molar refractivity (Wildman–Crippen MR) is 103 cm³/mol. The quantitative estimate of drug-likeness (QED) is 0.665. The fourth-order valence-corrected chi connectivity index (χ4v) is 3.58. The van der Waals surface area contributed by atoms with E-state index in [1.54, 1.807) is 12.1 Å². The summed E-state index contributed by atoms with van der Waals surface area (Å²) in [4.78, 5) is 26.4. The van der Waals surface area contributed by atoms with Gasteiger partial charge in [0.1, 0.15) is 0 Å². The third-order valence-electron chi connectivity index (χ3n) is 3.71.